The molecule has 3 N–H and O–H groups in total. The highest BCUT2D eigenvalue weighted by Crippen LogP contribution is 2.37. The number of rotatable bonds is 4. The number of carbonyl (C=O) groups excluding carboxylic acids is 1. The molecule has 4 rings (SSSR count). The molecule has 31 heavy (non-hydrogen) atoms. The number of carbonyl (C=O) groups is 1. The van der Waals surface area contributed by atoms with Gasteiger partial charge in [-0.1, -0.05) is 18.9 Å². The van der Waals surface area contributed by atoms with Crippen molar-refractivity contribution in [3.05, 3.63) is 41.7 Å². The fourth-order valence-corrected chi connectivity index (χ4v) is 6.15. The van der Waals surface area contributed by atoms with Crippen LogP contribution in [0, 0.1) is 5.92 Å². The number of sulfone groups is 1. The Hall–Kier alpha value is -2.81. The number of nitrogens with zero attached hydrogens (tertiary/aromatic N) is 2. The molecule has 2 atom stereocenters. The summed E-state index contributed by atoms with van der Waals surface area (Å²) < 4.78 is 25.5. The molecule has 2 unspecified atom stereocenters. The van der Waals surface area contributed by atoms with Gasteiger partial charge in [-0.15, -0.1) is 0 Å². The van der Waals surface area contributed by atoms with Crippen molar-refractivity contribution in [1.29, 1.82) is 0 Å². The van der Waals surface area contributed by atoms with Gasteiger partial charge >= 0.3 is 0 Å². The molecule has 1 saturated carbocycles. The molecule has 166 valence electrons. The Labute approximate surface area is 181 Å². The van der Waals surface area contributed by atoms with E-state index in [1.807, 2.05) is 4.90 Å². The molecule has 8 nitrogen and oxygen atoms in total. The molecule has 1 aromatic carbocycles. The van der Waals surface area contributed by atoms with Crippen molar-refractivity contribution in [2.75, 3.05) is 6.54 Å². The van der Waals surface area contributed by atoms with Crippen LogP contribution in [0.5, 0.6) is 17.2 Å². The molecule has 0 radical (unpaired) electrons. The predicted octanol–water partition coefficient (Wildman–Crippen LogP) is 2.97. The normalized spacial score (nSPS) is 21.5. The molecule has 9 heteroatoms. The zero-order valence-electron chi connectivity index (χ0n) is 17.1. The molecule has 2 fully saturated rings. The molecule has 2 heterocycles. The topological polar surface area (TPSA) is 128 Å². The highest BCUT2D eigenvalue weighted by molar-refractivity contribution is 7.90. The number of phenolic OH excluding ortho intramolecular Hbond substituents is 3. The Balaban J connectivity index is 1.57. The van der Waals surface area contributed by atoms with Crippen LogP contribution < -0.4 is 0 Å². The number of hydrogen-bond donors (Lipinski definition) is 3. The molecule has 2 aromatic rings. The lowest BCUT2D eigenvalue weighted by molar-refractivity contribution is 0.0385. The quantitative estimate of drug-likeness (QED) is 0.486. The van der Waals surface area contributed by atoms with E-state index in [0.717, 1.165) is 44.2 Å². The van der Waals surface area contributed by atoms with Crippen molar-refractivity contribution in [2.24, 2.45) is 5.92 Å². The lowest BCUT2D eigenvalue weighted by atomic mass is 9.78. The van der Waals surface area contributed by atoms with Crippen LogP contribution in [0.15, 0.2) is 35.2 Å². The molecular formula is C22H26N2O6S. The third-order valence-corrected chi connectivity index (χ3v) is 7.93. The first-order valence-electron chi connectivity index (χ1n) is 10.5. The number of amides is 1. The van der Waals surface area contributed by atoms with Crippen molar-refractivity contribution < 1.29 is 28.5 Å². The summed E-state index contributed by atoms with van der Waals surface area (Å²) in [7, 11) is -4.08. The van der Waals surface area contributed by atoms with Gasteiger partial charge in [-0.3, -0.25) is 4.79 Å². The van der Waals surface area contributed by atoms with Crippen LogP contribution in [0.25, 0.3) is 0 Å². The zero-order valence-corrected chi connectivity index (χ0v) is 17.9. The second-order valence-electron chi connectivity index (χ2n) is 8.33. The van der Waals surface area contributed by atoms with Crippen LogP contribution in [0.3, 0.4) is 0 Å². The molecular weight excluding hydrogens is 420 g/mol. The summed E-state index contributed by atoms with van der Waals surface area (Å²) in [5.74, 6) is -2.15. The van der Waals surface area contributed by atoms with Gasteiger partial charge in [0.1, 0.15) is 16.3 Å². The highest BCUT2D eigenvalue weighted by atomic mass is 32.2. The Morgan fingerprint density at radius 2 is 1.71 bits per heavy atom. The van der Waals surface area contributed by atoms with Crippen LogP contribution in [0.4, 0.5) is 0 Å². The minimum absolute atomic E-state index is 0.162. The predicted molar refractivity (Wildman–Crippen MR) is 113 cm³/mol. The lowest BCUT2D eigenvalue weighted by Gasteiger charge is -2.44. The SMILES string of the molecule is O=C(c1cccc(CS(=O)(=O)c2cc(O)c(O)cc2O)n1)N1CCCC2CCCCC21. The van der Waals surface area contributed by atoms with E-state index >= 15 is 0 Å². The maximum Gasteiger partial charge on any atom is 0.272 e. The smallest absolute Gasteiger partial charge is 0.272 e. The maximum atomic E-state index is 13.2. The summed E-state index contributed by atoms with van der Waals surface area (Å²) in [6.07, 6.45) is 6.55. The molecule has 1 saturated heterocycles. The Kier molecular flexibility index (Phi) is 5.79. The minimum Gasteiger partial charge on any atom is -0.506 e. The van der Waals surface area contributed by atoms with Gasteiger partial charge in [0.05, 0.1) is 11.4 Å². The van der Waals surface area contributed by atoms with Crippen molar-refractivity contribution in [1.82, 2.24) is 9.88 Å². The monoisotopic (exact) mass is 446 g/mol. The number of phenols is 3. The maximum absolute atomic E-state index is 13.2. The van der Waals surface area contributed by atoms with Crippen LogP contribution in [0.1, 0.15) is 54.7 Å². The van der Waals surface area contributed by atoms with E-state index in [1.54, 1.807) is 12.1 Å². The largest absolute Gasteiger partial charge is 0.506 e. The van der Waals surface area contributed by atoms with Crippen molar-refractivity contribution in [2.45, 2.75) is 55.2 Å². The molecule has 1 aliphatic carbocycles. The van der Waals surface area contributed by atoms with Crippen LogP contribution >= 0.6 is 0 Å². The van der Waals surface area contributed by atoms with E-state index in [9.17, 15) is 28.5 Å². The second kappa shape index (κ2) is 8.37. The molecule has 0 spiro atoms. The average molecular weight is 447 g/mol. The minimum atomic E-state index is -4.08. The van der Waals surface area contributed by atoms with E-state index in [4.69, 9.17) is 0 Å². The van der Waals surface area contributed by atoms with E-state index in [2.05, 4.69) is 4.98 Å². The van der Waals surface area contributed by atoms with Gasteiger partial charge < -0.3 is 20.2 Å². The number of aromatic hydroxyl groups is 3. The summed E-state index contributed by atoms with van der Waals surface area (Å²) in [5.41, 5.74) is 0.367. The van der Waals surface area contributed by atoms with Gasteiger partial charge in [0.15, 0.2) is 21.3 Å². The van der Waals surface area contributed by atoms with Gasteiger partial charge in [-0.2, -0.15) is 0 Å². The second-order valence-corrected chi connectivity index (χ2v) is 10.3. The summed E-state index contributed by atoms with van der Waals surface area (Å²) in [6, 6.07) is 6.49. The van der Waals surface area contributed by atoms with E-state index in [-0.39, 0.29) is 23.3 Å². The van der Waals surface area contributed by atoms with Gasteiger partial charge in [0.2, 0.25) is 0 Å². The van der Waals surface area contributed by atoms with E-state index < -0.39 is 37.7 Å². The fraction of sp³-hybridized carbons (Fsp3) is 0.455. The number of likely N-dealkylation sites (tertiary alicyclic amines) is 1. The Bertz CT molecular complexity index is 1100. The Morgan fingerprint density at radius 3 is 2.52 bits per heavy atom. The first-order chi connectivity index (χ1) is 14.8. The van der Waals surface area contributed by atoms with Gasteiger partial charge in [0, 0.05) is 24.7 Å². The number of benzene rings is 1. The summed E-state index contributed by atoms with van der Waals surface area (Å²) >= 11 is 0. The molecule has 1 amide bonds. The molecule has 0 bridgehead atoms. The van der Waals surface area contributed by atoms with E-state index in [1.165, 1.54) is 12.5 Å². The first kappa shape index (κ1) is 21.4. The standard InChI is InChI=1S/C22H26N2O6S/c25-18-11-20(27)21(12-19(18)26)31(29,30)13-15-7-3-8-16(23-15)22(28)24-10-4-6-14-5-1-2-9-17(14)24/h3,7-8,11-12,14,17,25-27H,1-2,4-6,9-10,13H2. The van der Waals surface area contributed by atoms with Crippen LogP contribution in [0.2, 0.25) is 0 Å². The molecule has 1 aromatic heterocycles. The highest BCUT2D eigenvalue weighted by Gasteiger charge is 2.36. The number of hydrogen-bond acceptors (Lipinski definition) is 7. The molecule has 1 aliphatic heterocycles. The summed E-state index contributed by atoms with van der Waals surface area (Å²) in [5, 5.41) is 29.0. The first-order valence-corrected chi connectivity index (χ1v) is 12.2. The number of aromatic nitrogens is 1. The third-order valence-electron chi connectivity index (χ3n) is 6.26. The average Bonchev–Trinajstić information content (AvgIpc) is 2.75. The van der Waals surface area contributed by atoms with Gasteiger partial charge in [-0.25, -0.2) is 13.4 Å². The van der Waals surface area contributed by atoms with E-state index in [0.29, 0.717) is 12.5 Å². The van der Waals surface area contributed by atoms with Gasteiger partial charge in [-0.05, 0) is 43.7 Å². The summed E-state index contributed by atoms with van der Waals surface area (Å²) in [6.45, 7) is 0.685. The molecule has 2 aliphatic rings. The number of piperidine rings is 1. The van der Waals surface area contributed by atoms with Crippen molar-refractivity contribution in [3.63, 3.8) is 0 Å². The lowest BCUT2D eigenvalue weighted by Crippen LogP contribution is -2.49. The van der Waals surface area contributed by atoms with Crippen LogP contribution in [-0.4, -0.2) is 52.1 Å². The zero-order chi connectivity index (χ0) is 22.2. The van der Waals surface area contributed by atoms with Gasteiger partial charge in [0.25, 0.3) is 5.91 Å². The third kappa shape index (κ3) is 4.32. The summed E-state index contributed by atoms with van der Waals surface area (Å²) in [4.78, 5) is 18.9. The number of fused-ring (bicyclic) bond motifs is 1. The Morgan fingerprint density at radius 1 is 1.00 bits per heavy atom. The van der Waals surface area contributed by atoms with Crippen molar-refractivity contribution >= 4 is 15.7 Å². The van der Waals surface area contributed by atoms with Crippen LogP contribution in [-0.2, 0) is 15.6 Å². The number of pyridine rings is 1. The fourth-order valence-electron chi connectivity index (χ4n) is 4.77. The van der Waals surface area contributed by atoms with Crippen molar-refractivity contribution in [3.8, 4) is 17.2 Å².